The van der Waals surface area contributed by atoms with Gasteiger partial charge in [-0.1, -0.05) is 36.4 Å². The third-order valence-electron chi connectivity index (χ3n) is 5.17. The standard InChI is InChI=1S/C19H21N3O4S2/c23-18-16-12-14(21-28(25,26)17-7-4-10-27-17)8-9-22(16)19(24)15(20-18)11-13-5-2-1-3-6-13/h1-7,10,14-16,21H,8-9,11-12H2,(H,20,23)/t14-,15+,16-/m0/s1. The average Bonchev–Trinajstić information content (AvgIpc) is 3.22. The summed E-state index contributed by atoms with van der Waals surface area (Å²) in [6.45, 7) is 0.361. The summed E-state index contributed by atoms with van der Waals surface area (Å²) < 4.78 is 27.8. The first-order chi connectivity index (χ1) is 13.4. The van der Waals surface area contributed by atoms with Crippen LogP contribution in [-0.2, 0) is 26.0 Å². The molecule has 3 atom stereocenters. The van der Waals surface area contributed by atoms with Gasteiger partial charge in [0.05, 0.1) is 0 Å². The van der Waals surface area contributed by atoms with Gasteiger partial charge in [0.25, 0.3) is 0 Å². The molecule has 7 nitrogen and oxygen atoms in total. The number of carbonyl (C=O) groups excluding carboxylic acids is 2. The van der Waals surface area contributed by atoms with Crippen molar-refractivity contribution in [1.29, 1.82) is 0 Å². The van der Waals surface area contributed by atoms with Crippen molar-refractivity contribution >= 4 is 33.2 Å². The van der Waals surface area contributed by atoms with Crippen LogP contribution in [0.1, 0.15) is 18.4 Å². The summed E-state index contributed by atoms with van der Waals surface area (Å²) in [6.07, 6.45) is 1.21. The van der Waals surface area contributed by atoms with Gasteiger partial charge in [-0.05, 0) is 29.9 Å². The number of carbonyl (C=O) groups is 2. The lowest BCUT2D eigenvalue weighted by Crippen LogP contribution is -2.67. The highest BCUT2D eigenvalue weighted by atomic mass is 32.2. The van der Waals surface area contributed by atoms with Gasteiger partial charge < -0.3 is 10.2 Å². The maximum atomic E-state index is 12.9. The van der Waals surface area contributed by atoms with E-state index >= 15 is 0 Å². The molecule has 1 aromatic carbocycles. The second-order valence-corrected chi connectivity index (χ2v) is 9.96. The normalized spacial score (nSPS) is 25.3. The number of thiophene rings is 1. The predicted molar refractivity (Wildman–Crippen MR) is 105 cm³/mol. The second-order valence-electron chi connectivity index (χ2n) is 7.07. The molecule has 2 fully saturated rings. The van der Waals surface area contributed by atoms with E-state index < -0.39 is 22.1 Å². The number of sulfonamides is 1. The van der Waals surface area contributed by atoms with E-state index in [2.05, 4.69) is 10.0 Å². The Balaban J connectivity index is 1.43. The Morgan fingerprint density at radius 3 is 2.64 bits per heavy atom. The van der Waals surface area contributed by atoms with Crippen molar-refractivity contribution in [3.8, 4) is 0 Å². The zero-order valence-corrected chi connectivity index (χ0v) is 16.7. The molecule has 2 aliphatic heterocycles. The summed E-state index contributed by atoms with van der Waals surface area (Å²) in [7, 11) is -3.60. The molecule has 0 saturated carbocycles. The van der Waals surface area contributed by atoms with Crippen molar-refractivity contribution in [2.75, 3.05) is 6.54 Å². The second kappa shape index (κ2) is 7.65. The van der Waals surface area contributed by atoms with Crippen LogP contribution in [0, 0.1) is 0 Å². The quantitative estimate of drug-likeness (QED) is 0.759. The van der Waals surface area contributed by atoms with E-state index in [9.17, 15) is 18.0 Å². The lowest BCUT2D eigenvalue weighted by molar-refractivity contribution is -0.151. The Morgan fingerprint density at radius 2 is 1.93 bits per heavy atom. The van der Waals surface area contributed by atoms with Crippen molar-refractivity contribution in [1.82, 2.24) is 14.9 Å². The van der Waals surface area contributed by atoms with E-state index in [1.54, 1.807) is 22.4 Å². The number of amides is 2. The van der Waals surface area contributed by atoms with Gasteiger partial charge in [-0.3, -0.25) is 9.59 Å². The minimum Gasteiger partial charge on any atom is -0.342 e. The number of piperidine rings is 1. The van der Waals surface area contributed by atoms with E-state index in [0.717, 1.165) is 16.9 Å². The number of rotatable bonds is 5. The Bertz CT molecular complexity index is 960. The zero-order valence-electron chi connectivity index (χ0n) is 15.1. The number of piperazine rings is 1. The molecule has 9 heteroatoms. The molecule has 2 aliphatic rings. The van der Waals surface area contributed by atoms with Crippen molar-refractivity contribution in [3.63, 3.8) is 0 Å². The number of hydrogen-bond donors (Lipinski definition) is 2. The van der Waals surface area contributed by atoms with Crippen LogP contribution >= 0.6 is 11.3 Å². The molecule has 4 rings (SSSR count). The molecule has 1 aromatic heterocycles. The Hall–Kier alpha value is -2.23. The number of nitrogens with zero attached hydrogens (tertiary/aromatic N) is 1. The summed E-state index contributed by atoms with van der Waals surface area (Å²) in [5, 5.41) is 4.53. The lowest BCUT2D eigenvalue weighted by atomic mass is 9.92. The predicted octanol–water partition coefficient (Wildman–Crippen LogP) is 1.13. The molecule has 2 saturated heterocycles. The van der Waals surface area contributed by atoms with Gasteiger partial charge in [0.1, 0.15) is 16.3 Å². The minimum absolute atomic E-state index is 0.104. The highest BCUT2D eigenvalue weighted by Gasteiger charge is 2.44. The molecule has 0 spiro atoms. The van der Waals surface area contributed by atoms with E-state index in [-0.39, 0.29) is 28.5 Å². The zero-order chi connectivity index (χ0) is 19.7. The van der Waals surface area contributed by atoms with Crippen LogP contribution in [0.4, 0.5) is 0 Å². The topological polar surface area (TPSA) is 95.6 Å². The molecule has 2 amide bonds. The highest BCUT2D eigenvalue weighted by Crippen LogP contribution is 2.25. The molecule has 2 aromatic rings. The number of benzene rings is 1. The van der Waals surface area contributed by atoms with Crippen LogP contribution < -0.4 is 10.0 Å². The van der Waals surface area contributed by atoms with Crippen LogP contribution in [0.5, 0.6) is 0 Å². The fourth-order valence-corrected chi connectivity index (χ4v) is 6.09. The van der Waals surface area contributed by atoms with Crippen molar-refractivity contribution < 1.29 is 18.0 Å². The third-order valence-corrected chi connectivity index (χ3v) is 8.09. The van der Waals surface area contributed by atoms with Gasteiger partial charge in [-0.25, -0.2) is 13.1 Å². The fraction of sp³-hybridized carbons (Fsp3) is 0.368. The Labute approximate surface area is 167 Å². The average molecular weight is 420 g/mol. The van der Waals surface area contributed by atoms with Gasteiger partial charge in [0, 0.05) is 19.0 Å². The van der Waals surface area contributed by atoms with E-state index in [1.165, 1.54) is 0 Å². The van der Waals surface area contributed by atoms with Gasteiger partial charge >= 0.3 is 0 Å². The van der Waals surface area contributed by atoms with Crippen molar-refractivity contribution in [2.24, 2.45) is 0 Å². The summed E-state index contributed by atoms with van der Waals surface area (Å²) in [6, 6.07) is 11.2. The molecule has 2 N–H and O–H groups in total. The van der Waals surface area contributed by atoms with Gasteiger partial charge in [-0.2, -0.15) is 0 Å². The van der Waals surface area contributed by atoms with Crippen LogP contribution in [0.15, 0.2) is 52.1 Å². The Kier molecular flexibility index (Phi) is 5.22. The molecular weight excluding hydrogens is 398 g/mol. The van der Waals surface area contributed by atoms with E-state index in [0.29, 0.717) is 19.4 Å². The molecule has 28 heavy (non-hydrogen) atoms. The highest BCUT2D eigenvalue weighted by molar-refractivity contribution is 7.91. The molecule has 0 bridgehead atoms. The minimum atomic E-state index is -3.60. The summed E-state index contributed by atoms with van der Waals surface area (Å²) in [5.41, 5.74) is 0.984. The first-order valence-corrected chi connectivity index (χ1v) is 11.5. The first-order valence-electron chi connectivity index (χ1n) is 9.14. The number of nitrogens with one attached hydrogen (secondary N) is 2. The van der Waals surface area contributed by atoms with E-state index in [1.807, 2.05) is 30.3 Å². The maximum Gasteiger partial charge on any atom is 0.250 e. The van der Waals surface area contributed by atoms with Crippen LogP contribution in [0.25, 0.3) is 0 Å². The molecular formula is C19H21N3O4S2. The van der Waals surface area contributed by atoms with Crippen molar-refractivity contribution in [2.45, 2.75) is 41.6 Å². The lowest BCUT2D eigenvalue weighted by Gasteiger charge is -2.44. The Morgan fingerprint density at radius 1 is 1.14 bits per heavy atom. The first kappa shape index (κ1) is 19.1. The summed E-state index contributed by atoms with van der Waals surface area (Å²) in [5.74, 6) is -0.325. The SMILES string of the molecule is O=C1N[C@H](Cc2ccccc2)C(=O)N2CC[C@H](NS(=O)(=O)c3cccs3)C[C@@H]12. The van der Waals surface area contributed by atoms with Crippen LogP contribution in [-0.4, -0.2) is 49.8 Å². The largest absolute Gasteiger partial charge is 0.342 e. The molecule has 0 unspecified atom stereocenters. The number of fused-ring (bicyclic) bond motifs is 1. The molecule has 0 aliphatic carbocycles. The van der Waals surface area contributed by atoms with E-state index in [4.69, 9.17) is 0 Å². The fourth-order valence-electron chi connectivity index (χ4n) is 3.80. The number of hydrogen-bond acceptors (Lipinski definition) is 5. The summed E-state index contributed by atoms with van der Waals surface area (Å²) in [4.78, 5) is 27.1. The molecule has 0 radical (unpaired) electrons. The van der Waals surface area contributed by atoms with Crippen molar-refractivity contribution in [3.05, 3.63) is 53.4 Å². The van der Waals surface area contributed by atoms with Gasteiger partial charge in [-0.15, -0.1) is 11.3 Å². The monoisotopic (exact) mass is 419 g/mol. The maximum absolute atomic E-state index is 12.9. The van der Waals surface area contributed by atoms with Crippen LogP contribution in [0.2, 0.25) is 0 Å². The third kappa shape index (κ3) is 3.82. The van der Waals surface area contributed by atoms with Gasteiger partial charge in [0.2, 0.25) is 21.8 Å². The molecule has 3 heterocycles. The van der Waals surface area contributed by atoms with Gasteiger partial charge in [0.15, 0.2) is 0 Å². The van der Waals surface area contributed by atoms with Crippen LogP contribution in [0.3, 0.4) is 0 Å². The molecule has 148 valence electrons. The summed E-state index contributed by atoms with van der Waals surface area (Å²) >= 11 is 1.15. The smallest absolute Gasteiger partial charge is 0.250 e.